The number of hydrogen-bond acceptors (Lipinski definition) is 3. The van der Waals surface area contributed by atoms with E-state index in [4.69, 9.17) is 9.47 Å². The summed E-state index contributed by atoms with van der Waals surface area (Å²) in [6.45, 7) is 6.24. The maximum atomic E-state index is 6.41. The summed E-state index contributed by atoms with van der Waals surface area (Å²) in [4.78, 5) is 0. The molecule has 1 fully saturated rings. The van der Waals surface area contributed by atoms with Crippen molar-refractivity contribution in [2.75, 3.05) is 19.7 Å². The third kappa shape index (κ3) is 4.01. The minimum atomic E-state index is -0.130. The molecule has 1 aliphatic rings. The first kappa shape index (κ1) is 15.8. The molecule has 1 unspecified atom stereocenters. The largest absolute Gasteiger partial charge is 0.483 e. The molecule has 1 N–H and O–H groups in total. The molecule has 3 nitrogen and oxygen atoms in total. The van der Waals surface area contributed by atoms with E-state index in [1.165, 1.54) is 0 Å². The van der Waals surface area contributed by atoms with Crippen LogP contribution in [0.4, 0.5) is 0 Å². The highest BCUT2D eigenvalue weighted by Crippen LogP contribution is 2.29. The van der Waals surface area contributed by atoms with Crippen LogP contribution in [0.3, 0.4) is 0 Å². The molecular weight excluding hydrogens is 286 g/mol. The summed E-state index contributed by atoms with van der Waals surface area (Å²) >= 11 is 0. The smallest absolute Gasteiger partial charge is 0.151 e. The SMILES string of the molecule is C=CCc1ccccc1O[C@@H](c1ccccc1)C1CNCCO1. The van der Waals surface area contributed by atoms with Crippen LogP contribution in [0.5, 0.6) is 5.75 Å². The topological polar surface area (TPSA) is 30.5 Å². The van der Waals surface area contributed by atoms with Gasteiger partial charge in [0, 0.05) is 13.1 Å². The van der Waals surface area contributed by atoms with Gasteiger partial charge in [-0.2, -0.15) is 0 Å². The van der Waals surface area contributed by atoms with Gasteiger partial charge in [0.1, 0.15) is 11.9 Å². The summed E-state index contributed by atoms with van der Waals surface area (Å²) < 4.78 is 12.4. The summed E-state index contributed by atoms with van der Waals surface area (Å²) in [7, 11) is 0. The molecule has 1 aliphatic heterocycles. The molecule has 3 rings (SSSR count). The Labute approximate surface area is 137 Å². The summed E-state index contributed by atoms with van der Waals surface area (Å²) in [5.41, 5.74) is 2.28. The van der Waals surface area contributed by atoms with Gasteiger partial charge in [-0.25, -0.2) is 0 Å². The fraction of sp³-hybridized carbons (Fsp3) is 0.300. The lowest BCUT2D eigenvalue weighted by molar-refractivity contribution is -0.0434. The molecule has 0 bridgehead atoms. The number of hydrogen-bond donors (Lipinski definition) is 1. The van der Waals surface area contributed by atoms with E-state index in [1.54, 1.807) is 0 Å². The minimum Gasteiger partial charge on any atom is -0.483 e. The molecular formula is C20H23NO2. The molecule has 0 amide bonds. The average Bonchev–Trinajstić information content (AvgIpc) is 2.63. The van der Waals surface area contributed by atoms with Gasteiger partial charge in [-0.1, -0.05) is 54.6 Å². The van der Waals surface area contributed by atoms with Crippen LogP contribution in [0, 0.1) is 0 Å². The molecule has 120 valence electrons. The predicted octanol–water partition coefficient (Wildman–Crippen LogP) is 3.52. The van der Waals surface area contributed by atoms with Crippen LogP contribution in [0.25, 0.3) is 0 Å². The van der Waals surface area contributed by atoms with Gasteiger partial charge in [-0.3, -0.25) is 0 Å². The Morgan fingerprint density at radius 3 is 2.70 bits per heavy atom. The molecule has 0 spiro atoms. The molecule has 3 heteroatoms. The normalized spacial score (nSPS) is 19.0. The van der Waals surface area contributed by atoms with Crippen LogP contribution in [0.15, 0.2) is 67.3 Å². The van der Waals surface area contributed by atoms with Gasteiger partial charge in [0.15, 0.2) is 6.10 Å². The summed E-state index contributed by atoms with van der Waals surface area (Å²) in [5, 5.41) is 3.39. The maximum absolute atomic E-state index is 6.41. The van der Waals surface area contributed by atoms with E-state index in [1.807, 2.05) is 42.5 Å². The molecule has 0 aliphatic carbocycles. The Morgan fingerprint density at radius 2 is 1.96 bits per heavy atom. The second-order valence-corrected chi connectivity index (χ2v) is 5.66. The van der Waals surface area contributed by atoms with Gasteiger partial charge in [-0.05, 0) is 23.6 Å². The van der Waals surface area contributed by atoms with E-state index >= 15 is 0 Å². The van der Waals surface area contributed by atoms with Crippen molar-refractivity contribution in [1.29, 1.82) is 0 Å². The Bertz CT molecular complexity index is 621. The van der Waals surface area contributed by atoms with Crippen molar-refractivity contribution >= 4 is 0 Å². The maximum Gasteiger partial charge on any atom is 0.151 e. The molecule has 0 aromatic heterocycles. The second-order valence-electron chi connectivity index (χ2n) is 5.66. The lowest BCUT2D eigenvalue weighted by Gasteiger charge is -2.32. The van der Waals surface area contributed by atoms with Crippen LogP contribution in [-0.4, -0.2) is 25.8 Å². The monoisotopic (exact) mass is 309 g/mol. The first-order valence-electron chi connectivity index (χ1n) is 8.11. The molecule has 2 aromatic carbocycles. The molecule has 1 saturated heterocycles. The van der Waals surface area contributed by atoms with Gasteiger partial charge < -0.3 is 14.8 Å². The van der Waals surface area contributed by atoms with Crippen molar-refractivity contribution in [2.24, 2.45) is 0 Å². The van der Waals surface area contributed by atoms with E-state index in [-0.39, 0.29) is 12.2 Å². The summed E-state index contributed by atoms with van der Waals surface area (Å²) in [5.74, 6) is 0.899. The van der Waals surface area contributed by atoms with E-state index in [2.05, 4.69) is 30.1 Å². The Hall–Kier alpha value is -2.10. The van der Waals surface area contributed by atoms with E-state index in [0.717, 1.165) is 36.4 Å². The minimum absolute atomic E-state index is 0.00272. The molecule has 2 atom stereocenters. The number of ether oxygens (including phenoxy) is 2. The highest BCUT2D eigenvalue weighted by Gasteiger charge is 2.28. The van der Waals surface area contributed by atoms with Crippen molar-refractivity contribution in [3.8, 4) is 5.75 Å². The Morgan fingerprint density at radius 1 is 1.17 bits per heavy atom. The number of benzene rings is 2. The lowest BCUT2D eigenvalue weighted by Crippen LogP contribution is -2.43. The van der Waals surface area contributed by atoms with E-state index < -0.39 is 0 Å². The van der Waals surface area contributed by atoms with Crippen LogP contribution >= 0.6 is 0 Å². The molecule has 2 aromatic rings. The fourth-order valence-electron chi connectivity index (χ4n) is 2.86. The van der Waals surface area contributed by atoms with Gasteiger partial charge >= 0.3 is 0 Å². The highest BCUT2D eigenvalue weighted by atomic mass is 16.5. The lowest BCUT2D eigenvalue weighted by atomic mass is 10.0. The summed E-state index contributed by atoms with van der Waals surface area (Å²) in [6, 6.07) is 18.4. The average molecular weight is 309 g/mol. The van der Waals surface area contributed by atoms with Crippen molar-refractivity contribution < 1.29 is 9.47 Å². The van der Waals surface area contributed by atoms with Crippen molar-refractivity contribution in [2.45, 2.75) is 18.6 Å². The second kappa shape index (κ2) is 7.95. The van der Waals surface area contributed by atoms with Crippen molar-refractivity contribution in [3.63, 3.8) is 0 Å². The van der Waals surface area contributed by atoms with Crippen LogP contribution in [-0.2, 0) is 11.2 Å². The number of allylic oxidation sites excluding steroid dienone is 1. The third-order valence-corrected chi connectivity index (χ3v) is 4.01. The predicted molar refractivity (Wildman–Crippen MR) is 92.8 cm³/mol. The van der Waals surface area contributed by atoms with E-state index in [9.17, 15) is 0 Å². The number of para-hydroxylation sites is 1. The van der Waals surface area contributed by atoms with E-state index in [0.29, 0.717) is 6.61 Å². The third-order valence-electron chi connectivity index (χ3n) is 4.01. The van der Waals surface area contributed by atoms with Crippen LogP contribution < -0.4 is 10.1 Å². The molecule has 1 heterocycles. The Kier molecular flexibility index (Phi) is 5.46. The van der Waals surface area contributed by atoms with Crippen LogP contribution in [0.1, 0.15) is 17.2 Å². The molecule has 0 saturated carbocycles. The number of nitrogens with one attached hydrogen (secondary N) is 1. The summed E-state index contributed by atoms with van der Waals surface area (Å²) in [6.07, 6.45) is 2.57. The van der Waals surface area contributed by atoms with Crippen molar-refractivity contribution in [3.05, 3.63) is 78.4 Å². The fourth-order valence-corrected chi connectivity index (χ4v) is 2.86. The number of rotatable bonds is 6. The molecule has 0 radical (unpaired) electrons. The van der Waals surface area contributed by atoms with Gasteiger partial charge in [0.2, 0.25) is 0 Å². The first-order valence-corrected chi connectivity index (χ1v) is 8.11. The quantitative estimate of drug-likeness (QED) is 0.828. The zero-order valence-electron chi connectivity index (χ0n) is 13.3. The van der Waals surface area contributed by atoms with Gasteiger partial charge in [0.05, 0.1) is 6.61 Å². The number of morpholine rings is 1. The van der Waals surface area contributed by atoms with Gasteiger partial charge in [-0.15, -0.1) is 6.58 Å². The van der Waals surface area contributed by atoms with Crippen molar-refractivity contribution in [1.82, 2.24) is 5.32 Å². The standard InChI is InChI=1S/C20H23NO2/c1-2-8-16-9-6-7-12-18(16)23-20(17-10-4-3-5-11-17)19-15-21-13-14-22-19/h2-7,9-12,19-21H,1,8,13-15H2/t19?,20-/m0/s1. The highest BCUT2D eigenvalue weighted by molar-refractivity contribution is 5.35. The zero-order valence-corrected chi connectivity index (χ0v) is 13.3. The molecule has 23 heavy (non-hydrogen) atoms. The van der Waals surface area contributed by atoms with Crippen LogP contribution in [0.2, 0.25) is 0 Å². The Balaban J connectivity index is 1.88. The zero-order chi connectivity index (χ0) is 15.9. The van der Waals surface area contributed by atoms with Gasteiger partial charge in [0.25, 0.3) is 0 Å². The first-order chi connectivity index (χ1) is 11.4.